The molecule has 0 aromatic rings. The molecular formula is C11H17BF3NO3. The molecule has 19 heavy (non-hydrogen) atoms. The molecular weight excluding hydrogens is 262 g/mol. The second-order valence-electron chi connectivity index (χ2n) is 6.09. The topological polar surface area (TPSA) is 38.8 Å². The molecule has 0 atom stereocenters. The van der Waals surface area contributed by atoms with Crippen LogP contribution in [0.2, 0.25) is 5.82 Å². The molecule has 8 heteroatoms. The van der Waals surface area contributed by atoms with Gasteiger partial charge in [-0.3, -0.25) is 4.79 Å². The van der Waals surface area contributed by atoms with E-state index in [1.165, 1.54) is 0 Å². The molecule has 1 amide bonds. The Kier molecular flexibility index (Phi) is 3.17. The maximum atomic E-state index is 12.2. The summed E-state index contributed by atoms with van der Waals surface area (Å²) < 4.78 is 48.1. The average Bonchev–Trinajstić information content (AvgIpc) is 2.31. The van der Waals surface area contributed by atoms with Crippen LogP contribution in [0.25, 0.3) is 0 Å². The van der Waals surface area contributed by atoms with Gasteiger partial charge >= 0.3 is 19.2 Å². The fourth-order valence-corrected chi connectivity index (χ4v) is 2.11. The van der Waals surface area contributed by atoms with Crippen molar-refractivity contribution in [3.05, 3.63) is 0 Å². The summed E-state index contributed by atoms with van der Waals surface area (Å²) in [7, 11) is -0.553. The standard InChI is InChI=1S/C11H17BF3NO3/c1-9(2)10(3,4)19-12(18-9)7-5-16(6-7)8(17)11(13,14)15/h7H,5-6H2,1-4H3. The Morgan fingerprint density at radius 1 is 1.16 bits per heavy atom. The van der Waals surface area contributed by atoms with Gasteiger partial charge in [0.05, 0.1) is 11.2 Å². The van der Waals surface area contributed by atoms with Crippen molar-refractivity contribution < 1.29 is 27.3 Å². The van der Waals surface area contributed by atoms with Gasteiger partial charge in [0.1, 0.15) is 0 Å². The van der Waals surface area contributed by atoms with E-state index in [0.29, 0.717) is 0 Å². The number of alkyl halides is 3. The molecule has 2 aliphatic rings. The molecule has 2 heterocycles. The average molecular weight is 279 g/mol. The van der Waals surface area contributed by atoms with Gasteiger partial charge in [0.15, 0.2) is 0 Å². The van der Waals surface area contributed by atoms with Gasteiger partial charge in [-0.25, -0.2) is 0 Å². The van der Waals surface area contributed by atoms with Gasteiger partial charge in [-0.05, 0) is 27.7 Å². The van der Waals surface area contributed by atoms with E-state index in [1.807, 2.05) is 27.7 Å². The number of rotatable bonds is 1. The maximum absolute atomic E-state index is 12.2. The summed E-state index contributed by atoms with van der Waals surface area (Å²) in [5.74, 6) is -1.99. The SMILES string of the molecule is CC1(C)OB(C2CN(C(=O)C(F)(F)F)C2)OC1(C)C. The third-order valence-electron chi connectivity index (χ3n) is 4.10. The Bertz CT molecular complexity index is 375. The summed E-state index contributed by atoms with van der Waals surface area (Å²) in [4.78, 5) is 11.8. The first-order chi connectivity index (χ1) is 8.44. The highest BCUT2D eigenvalue weighted by molar-refractivity contribution is 6.48. The quantitative estimate of drug-likeness (QED) is 0.688. The largest absolute Gasteiger partial charge is 0.471 e. The Labute approximate surface area is 110 Å². The van der Waals surface area contributed by atoms with E-state index in [2.05, 4.69) is 0 Å². The van der Waals surface area contributed by atoms with E-state index in [1.54, 1.807) is 0 Å². The highest BCUT2D eigenvalue weighted by atomic mass is 19.4. The second-order valence-corrected chi connectivity index (χ2v) is 6.09. The predicted molar refractivity (Wildman–Crippen MR) is 62.5 cm³/mol. The molecule has 2 saturated heterocycles. The molecule has 0 radical (unpaired) electrons. The monoisotopic (exact) mass is 279 g/mol. The van der Waals surface area contributed by atoms with Crippen molar-refractivity contribution in [3.63, 3.8) is 0 Å². The zero-order chi connectivity index (χ0) is 14.6. The van der Waals surface area contributed by atoms with E-state index in [4.69, 9.17) is 9.31 Å². The van der Waals surface area contributed by atoms with Crippen LogP contribution in [0.15, 0.2) is 0 Å². The van der Waals surface area contributed by atoms with Crippen molar-refractivity contribution in [2.24, 2.45) is 0 Å². The Morgan fingerprint density at radius 3 is 1.95 bits per heavy atom. The van der Waals surface area contributed by atoms with Crippen LogP contribution in [0, 0.1) is 0 Å². The molecule has 0 aliphatic carbocycles. The molecule has 2 rings (SSSR count). The number of carbonyl (C=O) groups is 1. The Hall–Kier alpha value is -0.755. The maximum Gasteiger partial charge on any atom is 0.471 e. The van der Waals surface area contributed by atoms with Crippen LogP contribution in [0.3, 0.4) is 0 Å². The third-order valence-corrected chi connectivity index (χ3v) is 4.10. The van der Waals surface area contributed by atoms with Gasteiger partial charge in [0, 0.05) is 18.9 Å². The lowest BCUT2D eigenvalue weighted by Gasteiger charge is -2.40. The van der Waals surface area contributed by atoms with Crippen LogP contribution < -0.4 is 0 Å². The number of carbonyl (C=O) groups excluding carboxylic acids is 1. The third kappa shape index (κ3) is 2.47. The van der Waals surface area contributed by atoms with Crippen molar-refractivity contribution in [3.8, 4) is 0 Å². The molecule has 0 N–H and O–H groups in total. The van der Waals surface area contributed by atoms with Crippen molar-refractivity contribution in [2.45, 2.75) is 50.9 Å². The van der Waals surface area contributed by atoms with Crippen molar-refractivity contribution >= 4 is 13.0 Å². The fourth-order valence-electron chi connectivity index (χ4n) is 2.11. The number of nitrogens with zero attached hydrogens (tertiary/aromatic N) is 1. The Balaban J connectivity index is 1.91. The first-order valence-electron chi connectivity index (χ1n) is 6.16. The molecule has 0 saturated carbocycles. The van der Waals surface area contributed by atoms with Crippen LogP contribution in [0.4, 0.5) is 13.2 Å². The number of amides is 1. The molecule has 0 aromatic heterocycles. The zero-order valence-electron chi connectivity index (χ0n) is 11.4. The van der Waals surface area contributed by atoms with Gasteiger partial charge in [-0.1, -0.05) is 0 Å². The second kappa shape index (κ2) is 4.12. The van der Waals surface area contributed by atoms with E-state index < -0.39 is 30.4 Å². The van der Waals surface area contributed by atoms with Crippen LogP contribution in [-0.2, 0) is 14.1 Å². The lowest BCUT2D eigenvalue weighted by atomic mass is 9.67. The summed E-state index contributed by atoms with van der Waals surface area (Å²) in [5.41, 5.74) is -1.02. The minimum Gasteiger partial charge on any atom is -0.403 e. The number of likely N-dealkylation sites (tertiary alicyclic amines) is 1. The molecule has 0 aromatic carbocycles. The first kappa shape index (κ1) is 14.6. The van der Waals surface area contributed by atoms with Crippen molar-refractivity contribution in [1.29, 1.82) is 0 Å². The van der Waals surface area contributed by atoms with E-state index in [9.17, 15) is 18.0 Å². The van der Waals surface area contributed by atoms with E-state index in [-0.39, 0.29) is 18.9 Å². The predicted octanol–water partition coefficient (Wildman–Crippen LogP) is 1.85. The van der Waals surface area contributed by atoms with E-state index in [0.717, 1.165) is 4.90 Å². The molecule has 0 unspecified atom stereocenters. The molecule has 0 spiro atoms. The van der Waals surface area contributed by atoms with Crippen LogP contribution in [-0.4, -0.2) is 48.4 Å². The van der Waals surface area contributed by atoms with E-state index >= 15 is 0 Å². The fraction of sp³-hybridized carbons (Fsp3) is 0.909. The van der Waals surface area contributed by atoms with Crippen molar-refractivity contribution in [1.82, 2.24) is 4.90 Å². The lowest BCUT2D eigenvalue weighted by molar-refractivity contribution is -0.189. The normalized spacial score (nSPS) is 26.5. The minimum atomic E-state index is -4.80. The molecule has 0 bridgehead atoms. The van der Waals surface area contributed by atoms with Gasteiger partial charge in [0.2, 0.25) is 0 Å². The smallest absolute Gasteiger partial charge is 0.403 e. The highest BCUT2D eigenvalue weighted by Gasteiger charge is 2.57. The minimum absolute atomic E-state index is 0.0230. The van der Waals surface area contributed by atoms with Crippen molar-refractivity contribution in [2.75, 3.05) is 13.1 Å². The number of halogens is 3. The molecule has 4 nitrogen and oxygen atoms in total. The highest BCUT2D eigenvalue weighted by Crippen LogP contribution is 2.42. The molecule has 108 valence electrons. The number of hydrogen-bond donors (Lipinski definition) is 0. The summed E-state index contributed by atoms with van der Waals surface area (Å²) in [5, 5.41) is 0. The van der Waals surface area contributed by atoms with Gasteiger partial charge in [-0.2, -0.15) is 13.2 Å². The Morgan fingerprint density at radius 2 is 1.58 bits per heavy atom. The summed E-state index contributed by atoms with van der Waals surface area (Å²) in [6.45, 7) is 7.56. The van der Waals surface area contributed by atoms with Crippen LogP contribution in [0.1, 0.15) is 27.7 Å². The van der Waals surface area contributed by atoms with Gasteiger partial charge < -0.3 is 14.2 Å². The zero-order valence-corrected chi connectivity index (χ0v) is 11.4. The van der Waals surface area contributed by atoms with Gasteiger partial charge in [-0.15, -0.1) is 0 Å². The summed E-state index contributed by atoms with van der Waals surface area (Å²) in [6, 6.07) is 0. The summed E-state index contributed by atoms with van der Waals surface area (Å²) >= 11 is 0. The van der Waals surface area contributed by atoms with Crippen LogP contribution >= 0.6 is 0 Å². The summed E-state index contributed by atoms with van der Waals surface area (Å²) in [6.07, 6.45) is -4.80. The van der Waals surface area contributed by atoms with Crippen LogP contribution in [0.5, 0.6) is 0 Å². The molecule has 2 fully saturated rings. The first-order valence-corrected chi connectivity index (χ1v) is 6.16. The molecule has 2 aliphatic heterocycles. The number of hydrogen-bond acceptors (Lipinski definition) is 3. The van der Waals surface area contributed by atoms with Gasteiger partial charge in [0.25, 0.3) is 0 Å². The lowest BCUT2D eigenvalue weighted by Crippen LogP contribution is -2.56.